The molecule has 0 saturated carbocycles. The number of halogens is 1. The van der Waals surface area contributed by atoms with E-state index in [0.29, 0.717) is 12.1 Å². The number of nitrogens with zero attached hydrogens (tertiary/aromatic N) is 1. The van der Waals surface area contributed by atoms with E-state index in [0.717, 1.165) is 43.9 Å². The molecule has 0 bridgehead atoms. The average molecular weight is 279 g/mol. The Bertz CT molecular complexity index is 428. The molecule has 2 N–H and O–H groups in total. The maximum Gasteiger partial charge on any atom is 0.125 e. The van der Waals surface area contributed by atoms with E-state index in [9.17, 15) is 4.39 Å². The molecule has 0 spiro atoms. The number of hydrogen-bond donors (Lipinski definition) is 2. The van der Waals surface area contributed by atoms with Crippen LogP contribution in [0.2, 0.25) is 0 Å². The second-order valence-electron chi connectivity index (χ2n) is 5.73. The van der Waals surface area contributed by atoms with Gasteiger partial charge in [0.2, 0.25) is 0 Å². The molecule has 0 aliphatic carbocycles. The highest BCUT2D eigenvalue weighted by molar-refractivity contribution is 5.71. The van der Waals surface area contributed by atoms with Crippen LogP contribution in [-0.4, -0.2) is 31.7 Å². The Hall–Kier alpha value is -1.29. The van der Waals surface area contributed by atoms with Gasteiger partial charge in [-0.15, -0.1) is 0 Å². The van der Waals surface area contributed by atoms with Crippen LogP contribution in [0.15, 0.2) is 18.2 Å². The summed E-state index contributed by atoms with van der Waals surface area (Å²) in [5.41, 5.74) is 2.02. The van der Waals surface area contributed by atoms with Crippen molar-refractivity contribution in [2.24, 2.45) is 0 Å². The van der Waals surface area contributed by atoms with Gasteiger partial charge in [-0.1, -0.05) is 0 Å². The van der Waals surface area contributed by atoms with Gasteiger partial charge in [-0.2, -0.15) is 0 Å². The molecule has 0 atom stereocenters. The fraction of sp³-hybridized carbons (Fsp3) is 0.625. The highest BCUT2D eigenvalue weighted by Crippen LogP contribution is 2.31. The Morgan fingerprint density at radius 2 is 2.05 bits per heavy atom. The molecular formula is C16H26FN3. The Balaban J connectivity index is 2.28. The summed E-state index contributed by atoms with van der Waals surface area (Å²) < 4.78 is 13.7. The lowest BCUT2D eigenvalue weighted by atomic mass is 10.0. The van der Waals surface area contributed by atoms with Gasteiger partial charge in [0.15, 0.2) is 0 Å². The summed E-state index contributed by atoms with van der Waals surface area (Å²) in [5.74, 6) is -0.165. The van der Waals surface area contributed by atoms with Gasteiger partial charge in [-0.3, -0.25) is 0 Å². The van der Waals surface area contributed by atoms with Crippen molar-refractivity contribution in [2.75, 3.05) is 29.9 Å². The quantitative estimate of drug-likeness (QED) is 0.866. The van der Waals surface area contributed by atoms with Crippen molar-refractivity contribution < 1.29 is 4.39 Å². The third-order valence-corrected chi connectivity index (χ3v) is 3.80. The summed E-state index contributed by atoms with van der Waals surface area (Å²) in [7, 11) is 0. The average Bonchev–Trinajstić information content (AvgIpc) is 2.43. The minimum absolute atomic E-state index is 0.165. The van der Waals surface area contributed by atoms with Crippen molar-refractivity contribution >= 4 is 11.4 Å². The molecule has 1 heterocycles. The molecule has 0 unspecified atom stereocenters. The first kappa shape index (κ1) is 15.1. The Kier molecular flexibility index (Phi) is 5.24. The third kappa shape index (κ3) is 3.63. The highest BCUT2D eigenvalue weighted by atomic mass is 19.1. The molecule has 0 amide bonds. The standard InChI is InChI=1S/C16H26FN3/c1-4-20(14-7-9-18-10-8-14)16-11-13(17)5-6-15(16)19-12(2)3/h5-6,11-12,14,18-19H,4,7-10H2,1-3H3. The molecule has 20 heavy (non-hydrogen) atoms. The van der Waals surface area contributed by atoms with Crippen LogP contribution in [0.25, 0.3) is 0 Å². The molecule has 1 aromatic carbocycles. The molecule has 1 fully saturated rings. The lowest BCUT2D eigenvalue weighted by Gasteiger charge is -2.37. The normalized spacial score (nSPS) is 16.4. The van der Waals surface area contributed by atoms with Gasteiger partial charge in [0, 0.05) is 18.6 Å². The van der Waals surface area contributed by atoms with Crippen LogP contribution in [0.1, 0.15) is 33.6 Å². The van der Waals surface area contributed by atoms with Gasteiger partial charge in [-0.25, -0.2) is 4.39 Å². The number of piperidine rings is 1. The zero-order valence-corrected chi connectivity index (χ0v) is 12.7. The van der Waals surface area contributed by atoms with Crippen molar-refractivity contribution in [1.29, 1.82) is 0 Å². The molecule has 1 aliphatic rings. The van der Waals surface area contributed by atoms with Crippen LogP contribution in [0.3, 0.4) is 0 Å². The Morgan fingerprint density at radius 1 is 1.35 bits per heavy atom. The number of hydrogen-bond acceptors (Lipinski definition) is 3. The molecule has 1 saturated heterocycles. The van der Waals surface area contributed by atoms with Crippen molar-refractivity contribution in [3.63, 3.8) is 0 Å². The maximum absolute atomic E-state index is 13.7. The Labute approximate surface area is 121 Å². The molecule has 112 valence electrons. The lowest BCUT2D eigenvalue weighted by molar-refractivity contribution is 0.433. The fourth-order valence-electron chi connectivity index (χ4n) is 2.92. The van der Waals surface area contributed by atoms with E-state index < -0.39 is 0 Å². The van der Waals surface area contributed by atoms with E-state index in [4.69, 9.17) is 0 Å². The summed E-state index contributed by atoms with van der Waals surface area (Å²) in [4.78, 5) is 2.34. The van der Waals surface area contributed by atoms with Gasteiger partial charge in [0.05, 0.1) is 11.4 Å². The first-order valence-corrected chi connectivity index (χ1v) is 7.65. The highest BCUT2D eigenvalue weighted by Gasteiger charge is 2.22. The number of nitrogens with one attached hydrogen (secondary N) is 2. The Morgan fingerprint density at radius 3 is 2.65 bits per heavy atom. The minimum Gasteiger partial charge on any atom is -0.381 e. The summed E-state index contributed by atoms with van der Waals surface area (Å²) in [5, 5.41) is 6.82. The van der Waals surface area contributed by atoms with Gasteiger partial charge in [-0.05, 0) is 64.9 Å². The molecule has 0 aromatic heterocycles. The van der Waals surface area contributed by atoms with E-state index in [1.54, 1.807) is 6.07 Å². The predicted octanol–water partition coefficient (Wildman–Crippen LogP) is 3.22. The smallest absolute Gasteiger partial charge is 0.125 e. The van der Waals surface area contributed by atoms with E-state index in [-0.39, 0.29) is 5.82 Å². The zero-order chi connectivity index (χ0) is 14.5. The molecule has 3 nitrogen and oxygen atoms in total. The molecule has 0 radical (unpaired) electrons. The van der Waals surface area contributed by atoms with Crippen LogP contribution in [0.5, 0.6) is 0 Å². The van der Waals surface area contributed by atoms with Crippen LogP contribution >= 0.6 is 0 Å². The lowest BCUT2D eigenvalue weighted by Crippen LogP contribution is -2.43. The third-order valence-electron chi connectivity index (χ3n) is 3.80. The molecule has 1 aliphatic heterocycles. The summed E-state index contributed by atoms with van der Waals surface area (Å²) in [6.07, 6.45) is 2.23. The molecular weight excluding hydrogens is 253 g/mol. The predicted molar refractivity (Wildman–Crippen MR) is 84.1 cm³/mol. The van der Waals surface area contributed by atoms with Crippen molar-refractivity contribution in [3.8, 4) is 0 Å². The van der Waals surface area contributed by atoms with Gasteiger partial charge in [0.25, 0.3) is 0 Å². The van der Waals surface area contributed by atoms with Gasteiger partial charge < -0.3 is 15.5 Å². The monoisotopic (exact) mass is 279 g/mol. The second-order valence-corrected chi connectivity index (χ2v) is 5.73. The molecule has 2 rings (SSSR count). The maximum atomic E-state index is 13.7. The first-order valence-electron chi connectivity index (χ1n) is 7.65. The topological polar surface area (TPSA) is 27.3 Å². The van der Waals surface area contributed by atoms with Crippen molar-refractivity contribution in [2.45, 2.75) is 45.7 Å². The van der Waals surface area contributed by atoms with E-state index >= 15 is 0 Å². The summed E-state index contributed by atoms with van der Waals surface area (Å²) in [6.45, 7) is 9.35. The number of anilines is 2. The van der Waals surface area contributed by atoms with Crippen LogP contribution in [-0.2, 0) is 0 Å². The largest absolute Gasteiger partial charge is 0.381 e. The van der Waals surface area contributed by atoms with Crippen LogP contribution < -0.4 is 15.5 Å². The van der Waals surface area contributed by atoms with Crippen molar-refractivity contribution in [3.05, 3.63) is 24.0 Å². The summed E-state index contributed by atoms with van der Waals surface area (Å²) in [6, 6.07) is 5.89. The van der Waals surface area contributed by atoms with Crippen molar-refractivity contribution in [1.82, 2.24) is 5.32 Å². The number of benzene rings is 1. The number of rotatable bonds is 5. The van der Waals surface area contributed by atoms with E-state index in [1.165, 1.54) is 6.07 Å². The SMILES string of the molecule is CCN(c1cc(F)ccc1NC(C)C)C1CCNCC1. The van der Waals surface area contributed by atoms with E-state index in [2.05, 4.69) is 36.3 Å². The molecule has 1 aromatic rings. The first-order chi connectivity index (χ1) is 9.61. The fourth-order valence-corrected chi connectivity index (χ4v) is 2.92. The van der Waals surface area contributed by atoms with Gasteiger partial charge in [0.1, 0.15) is 5.82 Å². The summed E-state index contributed by atoms with van der Waals surface area (Å²) >= 11 is 0. The minimum atomic E-state index is -0.165. The second kappa shape index (κ2) is 6.93. The van der Waals surface area contributed by atoms with Gasteiger partial charge >= 0.3 is 0 Å². The zero-order valence-electron chi connectivity index (χ0n) is 12.7. The van der Waals surface area contributed by atoms with Crippen LogP contribution in [0, 0.1) is 5.82 Å². The van der Waals surface area contributed by atoms with Crippen LogP contribution in [0.4, 0.5) is 15.8 Å². The van der Waals surface area contributed by atoms with E-state index in [1.807, 2.05) is 6.07 Å². The molecule has 4 heteroatoms.